The first kappa shape index (κ1) is 21.2. The fourth-order valence-corrected chi connectivity index (χ4v) is 2.86. The van der Waals surface area contributed by atoms with Gasteiger partial charge >= 0.3 is 6.18 Å². The van der Waals surface area contributed by atoms with Crippen LogP contribution in [0, 0.1) is 6.92 Å². The van der Waals surface area contributed by atoms with Crippen LogP contribution in [-0.4, -0.2) is 60.9 Å². The first-order valence-electron chi connectivity index (χ1n) is 8.56. The van der Waals surface area contributed by atoms with Crippen LogP contribution < -0.4 is 5.73 Å². The summed E-state index contributed by atoms with van der Waals surface area (Å²) in [6, 6.07) is 3.48. The average Bonchev–Trinajstić information content (AvgIpc) is 3.21. The Morgan fingerprint density at radius 3 is 2.53 bits per heavy atom. The van der Waals surface area contributed by atoms with Gasteiger partial charge in [-0.25, -0.2) is 15.0 Å². The molecule has 2 aromatic heterocycles. The number of likely N-dealkylation sites (N-methyl/N-ethyl adjacent to an activating group) is 1. The van der Waals surface area contributed by atoms with Crippen molar-refractivity contribution in [3.05, 3.63) is 48.2 Å². The van der Waals surface area contributed by atoms with E-state index in [1.54, 1.807) is 6.92 Å². The predicted octanol–water partition coefficient (Wildman–Crippen LogP) is 1.45. The number of aromatic nitrogens is 5. The number of aryl methyl sites for hydroxylation is 1. The number of nitrogens with zero attached hydrogens (tertiary/aromatic N) is 6. The largest absolute Gasteiger partial charge is 0.430 e. The Morgan fingerprint density at radius 1 is 1.27 bits per heavy atom. The number of carbonyl (C=O) groups is 1. The Balaban J connectivity index is 2.19. The zero-order valence-electron chi connectivity index (χ0n) is 16.2. The van der Waals surface area contributed by atoms with Crippen LogP contribution in [0.4, 0.5) is 19.0 Å². The number of nitrogens with two attached hydrogens (primary N) is 1. The molecule has 0 aliphatic heterocycles. The quantitative estimate of drug-likeness (QED) is 0.654. The van der Waals surface area contributed by atoms with Crippen LogP contribution in [0.25, 0.3) is 17.1 Å². The van der Waals surface area contributed by atoms with Crippen molar-refractivity contribution in [1.82, 2.24) is 29.6 Å². The van der Waals surface area contributed by atoms with Crippen LogP contribution in [0.1, 0.15) is 11.1 Å². The van der Waals surface area contributed by atoms with Gasteiger partial charge in [-0.2, -0.15) is 23.0 Å². The van der Waals surface area contributed by atoms with Crippen molar-refractivity contribution in [1.29, 1.82) is 0 Å². The van der Waals surface area contributed by atoms with Gasteiger partial charge in [-0.1, -0.05) is 12.1 Å². The SMILES string of the molecule is Cc1ccc(C(O)(C(=O)N(C)C)C(F)(F)F)cc1-c1cnc(N)c(-n2cncn2)n1. The lowest BCUT2D eigenvalue weighted by Crippen LogP contribution is -2.54. The molecule has 0 saturated carbocycles. The van der Waals surface area contributed by atoms with Crippen molar-refractivity contribution in [2.75, 3.05) is 19.8 Å². The number of carbonyl (C=O) groups excluding carboxylic acids is 1. The highest BCUT2D eigenvalue weighted by molar-refractivity contribution is 5.87. The Labute approximate surface area is 169 Å². The highest BCUT2D eigenvalue weighted by atomic mass is 19.4. The monoisotopic (exact) mass is 421 g/mol. The van der Waals surface area contributed by atoms with Gasteiger partial charge in [-0.3, -0.25) is 4.79 Å². The molecule has 0 aliphatic rings. The normalized spacial score (nSPS) is 13.7. The number of amides is 1. The summed E-state index contributed by atoms with van der Waals surface area (Å²) in [5.41, 5.74) is 2.41. The van der Waals surface area contributed by atoms with E-state index >= 15 is 0 Å². The lowest BCUT2D eigenvalue weighted by molar-refractivity contribution is -0.260. The molecule has 0 radical (unpaired) electrons. The van der Waals surface area contributed by atoms with Gasteiger partial charge in [0.2, 0.25) is 0 Å². The number of aliphatic hydroxyl groups is 1. The Kier molecular flexibility index (Phi) is 5.20. The van der Waals surface area contributed by atoms with Crippen LogP contribution in [-0.2, 0) is 10.4 Å². The predicted molar refractivity (Wildman–Crippen MR) is 100 cm³/mol. The number of hydrogen-bond donors (Lipinski definition) is 2. The van der Waals surface area contributed by atoms with Crippen LogP contribution in [0.5, 0.6) is 0 Å². The van der Waals surface area contributed by atoms with Gasteiger partial charge < -0.3 is 15.7 Å². The Hall–Kier alpha value is -3.54. The molecule has 3 aromatic rings. The second-order valence-corrected chi connectivity index (χ2v) is 6.74. The van der Waals surface area contributed by atoms with Crippen molar-refractivity contribution >= 4 is 11.7 Å². The summed E-state index contributed by atoms with van der Waals surface area (Å²) in [7, 11) is 2.26. The molecule has 1 amide bonds. The third-order valence-electron chi connectivity index (χ3n) is 4.47. The zero-order valence-corrected chi connectivity index (χ0v) is 16.2. The lowest BCUT2D eigenvalue weighted by Gasteiger charge is -2.32. The van der Waals surface area contributed by atoms with Crippen molar-refractivity contribution in [2.45, 2.75) is 18.7 Å². The standard InChI is InChI=1S/C18H18F3N7O2/c1-10-4-5-11(17(30,18(19,20)21)16(29)27(2)3)6-12(10)13-7-24-14(22)15(26-13)28-9-23-8-25-28/h4-9,30H,1-3H3,(H2,22,24). The van der Waals surface area contributed by atoms with Crippen molar-refractivity contribution in [3.8, 4) is 17.1 Å². The van der Waals surface area contributed by atoms with Crippen LogP contribution in [0.2, 0.25) is 0 Å². The molecule has 3 rings (SSSR count). The molecule has 0 aliphatic carbocycles. The molecule has 2 heterocycles. The molecule has 0 saturated heterocycles. The average molecular weight is 421 g/mol. The number of rotatable bonds is 4. The van der Waals surface area contributed by atoms with E-state index in [1.807, 2.05) is 0 Å². The maximum absolute atomic E-state index is 13.8. The van der Waals surface area contributed by atoms with Crippen LogP contribution in [0.3, 0.4) is 0 Å². The second kappa shape index (κ2) is 7.37. The molecular weight excluding hydrogens is 403 g/mol. The minimum absolute atomic E-state index is 0.0349. The molecule has 30 heavy (non-hydrogen) atoms. The third kappa shape index (κ3) is 3.45. The molecule has 158 valence electrons. The maximum Gasteiger partial charge on any atom is 0.430 e. The fraction of sp³-hybridized carbons (Fsp3) is 0.278. The Morgan fingerprint density at radius 2 is 1.97 bits per heavy atom. The zero-order chi connectivity index (χ0) is 22.3. The minimum atomic E-state index is -5.25. The summed E-state index contributed by atoms with van der Waals surface area (Å²) < 4.78 is 42.6. The number of halogens is 3. The van der Waals surface area contributed by atoms with Crippen LogP contribution in [0.15, 0.2) is 37.1 Å². The smallest absolute Gasteiger partial charge is 0.381 e. The minimum Gasteiger partial charge on any atom is -0.381 e. The lowest BCUT2D eigenvalue weighted by atomic mass is 9.88. The van der Waals surface area contributed by atoms with E-state index in [0.717, 1.165) is 26.2 Å². The van der Waals surface area contributed by atoms with Gasteiger partial charge in [0.05, 0.1) is 11.9 Å². The summed E-state index contributed by atoms with van der Waals surface area (Å²) in [4.78, 5) is 25.1. The molecule has 3 N–H and O–H groups in total. The molecule has 1 aromatic carbocycles. The van der Waals surface area contributed by atoms with E-state index < -0.39 is 23.2 Å². The summed E-state index contributed by atoms with van der Waals surface area (Å²) >= 11 is 0. The first-order chi connectivity index (χ1) is 14.0. The maximum atomic E-state index is 13.8. The molecule has 1 atom stereocenters. The topological polar surface area (TPSA) is 123 Å². The molecule has 0 spiro atoms. The number of anilines is 1. The molecule has 1 unspecified atom stereocenters. The fourth-order valence-electron chi connectivity index (χ4n) is 2.86. The number of benzene rings is 1. The molecule has 0 fully saturated rings. The number of alkyl halides is 3. The first-order valence-corrected chi connectivity index (χ1v) is 8.56. The van der Waals surface area contributed by atoms with Gasteiger partial charge in [0.1, 0.15) is 12.7 Å². The highest BCUT2D eigenvalue weighted by Crippen LogP contribution is 2.41. The summed E-state index contributed by atoms with van der Waals surface area (Å²) in [5, 5.41) is 14.4. The Bertz CT molecular complexity index is 1080. The van der Waals surface area contributed by atoms with Gasteiger partial charge in [0.25, 0.3) is 11.5 Å². The van der Waals surface area contributed by atoms with E-state index in [1.165, 1.54) is 29.6 Å². The molecule has 12 heteroatoms. The van der Waals surface area contributed by atoms with Gasteiger partial charge in [0, 0.05) is 25.2 Å². The molecule has 9 nitrogen and oxygen atoms in total. The van der Waals surface area contributed by atoms with E-state index in [2.05, 4.69) is 20.1 Å². The van der Waals surface area contributed by atoms with E-state index in [0.29, 0.717) is 10.5 Å². The summed E-state index contributed by atoms with van der Waals surface area (Å²) in [6.45, 7) is 1.65. The third-order valence-corrected chi connectivity index (χ3v) is 4.47. The van der Waals surface area contributed by atoms with Crippen LogP contribution >= 0.6 is 0 Å². The molecule has 0 bridgehead atoms. The number of hydrogen-bond acceptors (Lipinski definition) is 7. The summed E-state index contributed by atoms with van der Waals surface area (Å²) in [5.74, 6) is -1.35. The number of nitrogen functional groups attached to an aromatic ring is 1. The van der Waals surface area contributed by atoms with Gasteiger partial charge in [0.15, 0.2) is 11.6 Å². The van der Waals surface area contributed by atoms with Crippen molar-refractivity contribution in [2.24, 2.45) is 0 Å². The second-order valence-electron chi connectivity index (χ2n) is 6.74. The van der Waals surface area contributed by atoms with Gasteiger partial charge in [-0.05, 0) is 18.6 Å². The van der Waals surface area contributed by atoms with E-state index in [4.69, 9.17) is 5.73 Å². The molecular formula is C18H18F3N7O2. The van der Waals surface area contributed by atoms with Crippen molar-refractivity contribution in [3.63, 3.8) is 0 Å². The highest BCUT2D eigenvalue weighted by Gasteiger charge is 2.61. The van der Waals surface area contributed by atoms with E-state index in [-0.39, 0.29) is 22.9 Å². The van der Waals surface area contributed by atoms with Gasteiger partial charge in [-0.15, -0.1) is 0 Å². The van der Waals surface area contributed by atoms with E-state index in [9.17, 15) is 23.1 Å². The summed E-state index contributed by atoms with van der Waals surface area (Å²) in [6.07, 6.45) is -1.37. The van der Waals surface area contributed by atoms with Crippen molar-refractivity contribution < 1.29 is 23.1 Å².